The Morgan fingerprint density at radius 3 is 2.92 bits per heavy atom. The van der Waals surface area contributed by atoms with Crippen molar-refractivity contribution in [1.82, 2.24) is 5.32 Å². The van der Waals surface area contributed by atoms with Crippen molar-refractivity contribution in [3.8, 4) is 0 Å². The van der Waals surface area contributed by atoms with Crippen LogP contribution in [-0.2, 0) is 14.3 Å². The highest BCUT2D eigenvalue weighted by atomic mass is 16.6. The van der Waals surface area contributed by atoms with Gasteiger partial charge in [-0.15, -0.1) is 0 Å². The van der Waals surface area contributed by atoms with Gasteiger partial charge in [0.15, 0.2) is 0 Å². The van der Waals surface area contributed by atoms with Crippen molar-refractivity contribution >= 4 is 5.97 Å². The molecule has 0 aliphatic carbocycles. The van der Waals surface area contributed by atoms with E-state index in [1.54, 1.807) is 0 Å². The fourth-order valence-electron chi connectivity index (χ4n) is 0.594. The van der Waals surface area contributed by atoms with Crippen LogP contribution in [0.15, 0.2) is 12.7 Å². The summed E-state index contributed by atoms with van der Waals surface area (Å²) in [5, 5.41) is 11.6. The molecule has 0 saturated heterocycles. The lowest BCUT2D eigenvalue weighted by Crippen LogP contribution is -2.32. The molecule has 0 aromatic rings. The summed E-state index contributed by atoms with van der Waals surface area (Å²) >= 11 is 0. The van der Waals surface area contributed by atoms with E-state index in [-0.39, 0.29) is 13.2 Å². The molecule has 5 nitrogen and oxygen atoms in total. The lowest BCUT2D eigenvalue weighted by molar-refractivity contribution is -0.150. The van der Waals surface area contributed by atoms with Crippen LogP contribution in [0.3, 0.4) is 0 Å². The summed E-state index contributed by atoms with van der Waals surface area (Å²) in [4.78, 5) is 10.5. The molecule has 13 heavy (non-hydrogen) atoms. The van der Waals surface area contributed by atoms with Gasteiger partial charge in [0.25, 0.3) is 0 Å². The van der Waals surface area contributed by atoms with Crippen molar-refractivity contribution in [2.75, 3.05) is 19.8 Å². The summed E-state index contributed by atoms with van der Waals surface area (Å²) in [6.45, 7) is 5.92. The highest BCUT2D eigenvalue weighted by Crippen LogP contribution is 1.84. The summed E-state index contributed by atoms with van der Waals surface area (Å²) in [6.07, 6.45) is 0.0632. The second-order valence-electron chi connectivity index (χ2n) is 2.15. The van der Waals surface area contributed by atoms with Crippen molar-refractivity contribution < 1.29 is 19.4 Å². The monoisotopic (exact) mass is 189 g/mol. The van der Waals surface area contributed by atoms with Gasteiger partial charge in [-0.2, -0.15) is 0 Å². The number of hydrogen-bond acceptors (Lipinski definition) is 5. The second kappa shape index (κ2) is 7.72. The van der Waals surface area contributed by atoms with E-state index in [0.717, 1.165) is 6.08 Å². The number of rotatable bonds is 7. The number of ether oxygens (including phenoxy) is 2. The van der Waals surface area contributed by atoms with Crippen molar-refractivity contribution in [2.45, 2.75) is 13.3 Å². The van der Waals surface area contributed by atoms with Gasteiger partial charge < -0.3 is 14.6 Å². The maximum Gasteiger partial charge on any atom is 0.330 e. The van der Waals surface area contributed by atoms with E-state index in [4.69, 9.17) is 9.84 Å². The average Bonchev–Trinajstić information content (AvgIpc) is 2.12. The Balaban J connectivity index is 3.24. The SMILES string of the molecule is C=CC(=O)OCCOC(O)NCC. The first kappa shape index (κ1) is 12.1. The molecule has 76 valence electrons. The van der Waals surface area contributed by atoms with Gasteiger partial charge in [0, 0.05) is 6.08 Å². The standard InChI is InChI=1S/C8H15NO4/c1-3-7(10)12-5-6-13-8(11)9-4-2/h3,8-9,11H,1,4-6H2,2H3. The molecule has 0 rings (SSSR count). The van der Waals surface area contributed by atoms with E-state index in [1.807, 2.05) is 6.92 Å². The predicted octanol–water partition coefficient (Wildman–Crippen LogP) is -0.382. The van der Waals surface area contributed by atoms with Gasteiger partial charge in [-0.1, -0.05) is 13.5 Å². The zero-order valence-corrected chi connectivity index (χ0v) is 7.66. The van der Waals surface area contributed by atoms with E-state index in [2.05, 4.69) is 16.6 Å². The number of hydrogen-bond donors (Lipinski definition) is 2. The number of carbonyl (C=O) groups is 1. The second-order valence-corrected chi connectivity index (χ2v) is 2.15. The van der Waals surface area contributed by atoms with Crippen molar-refractivity contribution in [3.05, 3.63) is 12.7 Å². The fourth-order valence-corrected chi connectivity index (χ4v) is 0.594. The van der Waals surface area contributed by atoms with Crippen molar-refractivity contribution in [1.29, 1.82) is 0 Å². The van der Waals surface area contributed by atoms with Gasteiger partial charge in [-0.25, -0.2) is 4.79 Å². The van der Waals surface area contributed by atoms with Crippen molar-refractivity contribution in [3.63, 3.8) is 0 Å². The minimum Gasteiger partial charge on any atom is -0.460 e. The molecule has 0 aromatic heterocycles. The number of carbonyl (C=O) groups excluding carboxylic acids is 1. The Labute approximate surface area is 77.3 Å². The quantitative estimate of drug-likeness (QED) is 0.247. The molecule has 5 heteroatoms. The van der Waals surface area contributed by atoms with Crippen LogP contribution >= 0.6 is 0 Å². The van der Waals surface area contributed by atoms with Gasteiger partial charge in [0.2, 0.25) is 6.41 Å². The molecule has 0 fully saturated rings. The predicted molar refractivity (Wildman–Crippen MR) is 46.8 cm³/mol. The minimum atomic E-state index is -1.01. The van der Waals surface area contributed by atoms with Gasteiger partial charge in [-0.3, -0.25) is 5.32 Å². The van der Waals surface area contributed by atoms with E-state index < -0.39 is 12.4 Å². The van der Waals surface area contributed by atoms with Crippen LogP contribution in [0.1, 0.15) is 6.92 Å². The van der Waals surface area contributed by atoms with Crippen LogP contribution in [0, 0.1) is 0 Å². The summed E-state index contributed by atoms with van der Waals surface area (Å²) < 4.78 is 9.41. The molecule has 0 heterocycles. The van der Waals surface area contributed by atoms with E-state index in [1.165, 1.54) is 0 Å². The number of esters is 1. The number of nitrogens with one attached hydrogen (secondary N) is 1. The molecule has 0 saturated carbocycles. The summed E-state index contributed by atoms with van der Waals surface area (Å²) in [6, 6.07) is 0. The molecule has 0 aliphatic rings. The van der Waals surface area contributed by atoms with Gasteiger partial charge >= 0.3 is 5.97 Å². The van der Waals surface area contributed by atoms with Crippen LogP contribution in [0.4, 0.5) is 0 Å². The zero-order valence-electron chi connectivity index (χ0n) is 7.66. The van der Waals surface area contributed by atoms with Crippen molar-refractivity contribution in [2.24, 2.45) is 0 Å². The normalized spacial score (nSPS) is 12.2. The summed E-state index contributed by atoms with van der Waals surface area (Å²) in [7, 11) is 0. The van der Waals surface area contributed by atoms with Gasteiger partial charge in [0.1, 0.15) is 6.61 Å². The minimum absolute atomic E-state index is 0.104. The van der Waals surface area contributed by atoms with Crippen LogP contribution in [0.25, 0.3) is 0 Å². The molecule has 0 spiro atoms. The van der Waals surface area contributed by atoms with Crippen LogP contribution < -0.4 is 5.32 Å². The fraction of sp³-hybridized carbons (Fsp3) is 0.625. The third-order valence-electron chi connectivity index (χ3n) is 1.15. The third-order valence-corrected chi connectivity index (χ3v) is 1.15. The largest absolute Gasteiger partial charge is 0.460 e. The van der Waals surface area contributed by atoms with E-state index in [0.29, 0.717) is 6.54 Å². The molecule has 0 amide bonds. The van der Waals surface area contributed by atoms with Crippen LogP contribution in [0.5, 0.6) is 0 Å². The average molecular weight is 189 g/mol. The number of aliphatic hydroxyl groups is 1. The van der Waals surface area contributed by atoms with Gasteiger partial charge in [0.05, 0.1) is 6.61 Å². The maximum absolute atomic E-state index is 10.5. The Morgan fingerprint density at radius 1 is 1.69 bits per heavy atom. The molecular formula is C8H15NO4. The van der Waals surface area contributed by atoms with Crippen LogP contribution in [0.2, 0.25) is 0 Å². The molecule has 0 aromatic carbocycles. The smallest absolute Gasteiger partial charge is 0.330 e. The summed E-state index contributed by atoms with van der Waals surface area (Å²) in [5.41, 5.74) is 0. The number of aliphatic hydroxyl groups excluding tert-OH is 1. The molecular weight excluding hydrogens is 174 g/mol. The Kier molecular flexibility index (Phi) is 7.18. The highest BCUT2D eigenvalue weighted by Gasteiger charge is 2.01. The molecule has 0 bridgehead atoms. The molecule has 1 atom stereocenters. The zero-order chi connectivity index (χ0) is 10.1. The Morgan fingerprint density at radius 2 is 2.38 bits per heavy atom. The lowest BCUT2D eigenvalue weighted by atomic mass is 10.6. The molecule has 0 aliphatic heterocycles. The third kappa shape index (κ3) is 7.45. The Hall–Kier alpha value is -0.910. The Bertz CT molecular complexity index is 160. The summed E-state index contributed by atoms with van der Waals surface area (Å²) in [5.74, 6) is -0.499. The molecule has 0 radical (unpaired) electrons. The lowest BCUT2D eigenvalue weighted by Gasteiger charge is -2.11. The first-order valence-electron chi connectivity index (χ1n) is 4.03. The highest BCUT2D eigenvalue weighted by molar-refractivity contribution is 5.81. The topological polar surface area (TPSA) is 67.8 Å². The van der Waals surface area contributed by atoms with E-state index in [9.17, 15) is 4.79 Å². The van der Waals surface area contributed by atoms with Gasteiger partial charge in [-0.05, 0) is 6.54 Å². The first-order chi connectivity index (χ1) is 6.20. The molecule has 2 N–H and O–H groups in total. The maximum atomic E-state index is 10.5. The molecule has 1 unspecified atom stereocenters. The van der Waals surface area contributed by atoms with E-state index >= 15 is 0 Å². The first-order valence-corrected chi connectivity index (χ1v) is 4.03. The van der Waals surface area contributed by atoms with Crippen LogP contribution in [-0.4, -0.2) is 37.2 Å².